The minimum atomic E-state index is 0.111. The fourth-order valence-corrected chi connectivity index (χ4v) is 2.24. The first-order valence-electron chi connectivity index (χ1n) is 5.30. The van der Waals surface area contributed by atoms with Gasteiger partial charge in [0.05, 0.1) is 0 Å². The predicted molar refractivity (Wildman–Crippen MR) is 65.7 cm³/mol. The van der Waals surface area contributed by atoms with Crippen LogP contribution in [0.3, 0.4) is 0 Å². The molecular weight excluding hydrogens is 206 g/mol. The van der Waals surface area contributed by atoms with Crippen molar-refractivity contribution >= 4 is 12.6 Å². The maximum absolute atomic E-state index is 11.7. The Kier molecular flexibility index (Phi) is 3.31. The second kappa shape index (κ2) is 4.71. The normalized spacial score (nSPS) is 14.7. The molecular formula is C12H15NOS. The minimum absolute atomic E-state index is 0.111. The number of hydrogen-bond acceptors (Lipinski definition) is 2. The third kappa shape index (κ3) is 2.17. The van der Waals surface area contributed by atoms with Crippen LogP contribution in [-0.4, -0.2) is 10.3 Å². The standard InChI is InChI=1S/C12H15NOS/c14-12-7-6-10-4-3-5-11(10)13(12)8-1-2-9-15/h1-2,6-7,15H,3-5,8-9H2/b2-1+. The topological polar surface area (TPSA) is 22.0 Å². The van der Waals surface area contributed by atoms with Gasteiger partial charge in [0.2, 0.25) is 0 Å². The largest absolute Gasteiger partial charge is 0.309 e. The fraction of sp³-hybridized carbons (Fsp3) is 0.417. The van der Waals surface area contributed by atoms with Gasteiger partial charge < -0.3 is 4.57 Å². The number of nitrogens with zero attached hydrogens (tertiary/aromatic N) is 1. The molecule has 0 fully saturated rings. The Morgan fingerprint density at radius 3 is 3.00 bits per heavy atom. The first kappa shape index (κ1) is 10.6. The van der Waals surface area contributed by atoms with E-state index in [-0.39, 0.29) is 5.56 Å². The molecule has 0 saturated carbocycles. The Morgan fingerprint density at radius 1 is 1.33 bits per heavy atom. The fourth-order valence-electron chi connectivity index (χ4n) is 2.09. The molecule has 0 bridgehead atoms. The molecule has 1 aliphatic carbocycles. The van der Waals surface area contributed by atoms with Gasteiger partial charge in [0.15, 0.2) is 0 Å². The van der Waals surface area contributed by atoms with Gasteiger partial charge >= 0.3 is 0 Å². The summed E-state index contributed by atoms with van der Waals surface area (Å²) in [6, 6.07) is 3.65. The van der Waals surface area contributed by atoms with Crippen molar-refractivity contribution < 1.29 is 0 Å². The average Bonchev–Trinajstić information content (AvgIpc) is 2.69. The van der Waals surface area contributed by atoms with Gasteiger partial charge in [-0.1, -0.05) is 18.2 Å². The molecule has 1 aliphatic rings. The molecule has 0 radical (unpaired) electrons. The van der Waals surface area contributed by atoms with Gasteiger partial charge in [-0.15, -0.1) is 0 Å². The van der Waals surface area contributed by atoms with E-state index in [1.807, 2.05) is 22.8 Å². The van der Waals surface area contributed by atoms with Crippen LogP contribution in [0.2, 0.25) is 0 Å². The van der Waals surface area contributed by atoms with Crippen LogP contribution in [0.5, 0.6) is 0 Å². The first-order chi connectivity index (χ1) is 7.33. The van der Waals surface area contributed by atoms with Crippen LogP contribution in [0, 0.1) is 0 Å². The van der Waals surface area contributed by atoms with Crippen LogP contribution in [0.15, 0.2) is 29.1 Å². The smallest absolute Gasteiger partial charge is 0.251 e. The Hall–Kier alpha value is -0.960. The number of fused-ring (bicyclic) bond motifs is 1. The summed E-state index contributed by atoms with van der Waals surface area (Å²) >= 11 is 4.10. The Labute approximate surface area is 95.0 Å². The van der Waals surface area contributed by atoms with E-state index in [9.17, 15) is 4.79 Å². The number of rotatable bonds is 3. The molecule has 2 nitrogen and oxygen atoms in total. The van der Waals surface area contributed by atoms with Gasteiger partial charge in [0.25, 0.3) is 5.56 Å². The summed E-state index contributed by atoms with van der Waals surface area (Å²) in [5.74, 6) is 0.726. The summed E-state index contributed by atoms with van der Waals surface area (Å²) in [6.07, 6.45) is 7.32. The molecule has 0 aliphatic heterocycles. The highest BCUT2D eigenvalue weighted by Crippen LogP contribution is 2.19. The highest BCUT2D eigenvalue weighted by molar-refractivity contribution is 7.80. The van der Waals surface area contributed by atoms with E-state index in [2.05, 4.69) is 12.6 Å². The number of allylic oxidation sites excluding steroid dienone is 1. The molecule has 15 heavy (non-hydrogen) atoms. The highest BCUT2D eigenvalue weighted by atomic mass is 32.1. The predicted octanol–water partition coefficient (Wildman–Crippen LogP) is 1.82. The van der Waals surface area contributed by atoms with Gasteiger partial charge in [0, 0.05) is 24.1 Å². The molecule has 3 heteroatoms. The second-order valence-corrected chi connectivity index (χ2v) is 4.13. The van der Waals surface area contributed by atoms with Gasteiger partial charge in [-0.25, -0.2) is 0 Å². The van der Waals surface area contributed by atoms with Crippen molar-refractivity contribution in [1.29, 1.82) is 0 Å². The molecule has 0 aromatic carbocycles. The van der Waals surface area contributed by atoms with Crippen LogP contribution >= 0.6 is 12.6 Å². The zero-order chi connectivity index (χ0) is 10.7. The van der Waals surface area contributed by atoms with Gasteiger partial charge in [-0.05, 0) is 24.8 Å². The van der Waals surface area contributed by atoms with E-state index in [4.69, 9.17) is 0 Å². The number of hydrogen-bond donors (Lipinski definition) is 1. The maximum atomic E-state index is 11.7. The third-order valence-corrected chi connectivity index (χ3v) is 3.02. The van der Waals surface area contributed by atoms with Gasteiger partial charge in [0.1, 0.15) is 0 Å². The number of thiol groups is 1. The SMILES string of the molecule is O=c1ccc2c(n1C/C=C/CS)CCC2. The lowest BCUT2D eigenvalue weighted by Crippen LogP contribution is -2.21. The monoisotopic (exact) mass is 221 g/mol. The lowest BCUT2D eigenvalue weighted by Gasteiger charge is -2.08. The summed E-state index contributed by atoms with van der Waals surface area (Å²) < 4.78 is 1.88. The summed E-state index contributed by atoms with van der Waals surface area (Å²) in [4.78, 5) is 11.7. The Bertz CT molecular complexity index is 434. The van der Waals surface area contributed by atoms with Crippen LogP contribution < -0.4 is 5.56 Å². The van der Waals surface area contributed by atoms with E-state index >= 15 is 0 Å². The third-order valence-electron chi connectivity index (χ3n) is 2.81. The van der Waals surface area contributed by atoms with Crippen LogP contribution in [-0.2, 0) is 19.4 Å². The molecule has 0 unspecified atom stereocenters. The molecule has 0 saturated heterocycles. The van der Waals surface area contributed by atoms with E-state index in [1.54, 1.807) is 6.07 Å². The van der Waals surface area contributed by atoms with E-state index in [1.165, 1.54) is 17.7 Å². The van der Waals surface area contributed by atoms with E-state index in [0.717, 1.165) is 18.6 Å². The van der Waals surface area contributed by atoms with Gasteiger partial charge in [-0.2, -0.15) is 12.6 Å². The van der Waals surface area contributed by atoms with E-state index in [0.29, 0.717) is 6.54 Å². The molecule has 0 amide bonds. The highest BCUT2D eigenvalue weighted by Gasteiger charge is 2.14. The van der Waals surface area contributed by atoms with Crippen LogP contribution in [0.1, 0.15) is 17.7 Å². The Balaban J connectivity index is 2.33. The molecule has 80 valence electrons. The first-order valence-corrected chi connectivity index (χ1v) is 5.93. The molecule has 2 rings (SSSR count). The van der Waals surface area contributed by atoms with Crippen molar-refractivity contribution in [3.63, 3.8) is 0 Å². The Morgan fingerprint density at radius 2 is 2.20 bits per heavy atom. The second-order valence-electron chi connectivity index (χ2n) is 3.76. The lowest BCUT2D eigenvalue weighted by atomic mass is 10.2. The van der Waals surface area contributed by atoms with Crippen molar-refractivity contribution in [3.05, 3.63) is 45.9 Å². The van der Waals surface area contributed by atoms with Crippen molar-refractivity contribution in [1.82, 2.24) is 4.57 Å². The molecule has 0 atom stereocenters. The van der Waals surface area contributed by atoms with Crippen LogP contribution in [0.25, 0.3) is 0 Å². The summed E-state index contributed by atoms with van der Waals surface area (Å²) in [6.45, 7) is 0.683. The summed E-state index contributed by atoms with van der Waals surface area (Å²) in [7, 11) is 0. The van der Waals surface area contributed by atoms with Crippen molar-refractivity contribution in [2.24, 2.45) is 0 Å². The lowest BCUT2D eigenvalue weighted by molar-refractivity contribution is 0.721. The number of aryl methyl sites for hydroxylation is 1. The zero-order valence-corrected chi connectivity index (χ0v) is 9.54. The summed E-state index contributed by atoms with van der Waals surface area (Å²) in [5, 5.41) is 0. The quantitative estimate of drug-likeness (QED) is 0.610. The molecule has 1 aromatic rings. The summed E-state index contributed by atoms with van der Waals surface area (Å²) in [5.41, 5.74) is 2.68. The van der Waals surface area contributed by atoms with Gasteiger partial charge in [-0.3, -0.25) is 4.79 Å². The molecule has 1 aromatic heterocycles. The number of aromatic nitrogens is 1. The maximum Gasteiger partial charge on any atom is 0.251 e. The van der Waals surface area contributed by atoms with Crippen molar-refractivity contribution in [2.75, 3.05) is 5.75 Å². The number of pyridine rings is 1. The minimum Gasteiger partial charge on any atom is -0.309 e. The van der Waals surface area contributed by atoms with E-state index < -0.39 is 0 Å². The zero-order valence-electron chi connectivity index (χ0n) is 8.65. The molecule has 0 N–H and O–H groups in total. The van der Waals surface area contributed by atoms with Crippen LogP contribution in [0.4, 0.5) is 0 Å². The molecule has 0 spiro atoms. The van der Waals surface area contributed by atoms with Crippen molar-refractivity contribution in [2.45, 2.75) is 25.8 Å². The average molecular weight is 221 g/mol. The van der Waals surface area contributed by atoms with Crippen molar-refractivity contribution in [3.8, 4) is 0 Å². The molecule has 1 heterocycles.